The Balaban J connectivity index is 2.64. The second-order valence-corrected chi connectivity index (χ2v) is 4.73. The highest BCUT2D eigenvalue weighted by molar-refractivity contribution is 8.85. The highest BCUT2D eigenvalue weighted by Gasteiger charge is 1.99. The fraction of sp³-hybridized carbons (Fsp3) is 0. The van der Waals surface area contributed by atoms with E-state index in [1.165, 1.54) is 10.8 Å². The molecular formula is C6H5ClN2O2S2. The summed E-state index contributed by atoms with van der Waals surface area (Å²) >= 11 is 0. The van der Waals surface area contributed by atoms with E-state index in [1.54, 1.807) is 18.3 Å². The number of halogens is 1. The van der Waals surface area contributed by atoms with Crippen molar-refractivity contribution in [3.05, 3.63) is 18.3 Å². The molecule has 0 aromatic carbocycles. The third-order valence-electron chi connectivity index (χ3n) is 1.10. The summed E-state index contributed by atoms with van der Waals surface area (Å²) in [5.41, 5.74) is 0. The number of anilines is 1. The Morgan fingerprint density at radius 1 is 1.62 bits per heavy atom. The number of aromatic nitrogens is 1. The number of hydrogen-bond acceptors (Lipinski definition) is 4. The van der Waals surface area contributed by atoms with Crippen LogP contribution in [0.1, 0.15) is 0 Å². The molecule has 1 amide bonds. The molecule has 1 rings (SSSR count). The first-order valence-corrected chi connectivity index (χ1v) is 6.11. The number of carbonyl (C=O) groups is 1. The molecule has 0 aliphatic carbocycles. The third kappa shape index (κ3) is 3.75. The maximum Gasteiger partial charge on any atom is 0.410 e. The van der Waals surface area contributed by atoms with Crippen molar-refractivity contribution in [2.24, 2.45) is 0 Å². The van der Waals surface area contributed by atoms with Crippen molar-refractivity contribution in [1.29, 1.82) is 0 Å². The number of hydrogen-bond donors (Lipinski definition) is 2. The van der Waals surface area contributed by atoms with Crippen molar-refractivity contribution in [3.8, 4) is 0 Å². The smallest absolute Gasteiger partial charge is 0.410 e. The minimum Gasteiger partial charge on any atom is -0.465 e. The van der Waals surface area contributed by atoms with E-state index in [0.29, 0.717) is 5.82 Å². The van der Waals surface area contributed by atoms with Gasteiger partial charge in [-0.2, -0.15) is 0 Å². The lowest BCUT2D eigenvalue weighted by atomic mass is 10.5. The molecule has 1 aromatic rings. The van der Waals surface area contributed by atoms with Crippen LogP contribution in [0.25, 0.3) is 0 Å². The lowest BCUT2D eigenvalue weighted by Crippen LogP contribution is -2.08. The second kappa shape index (κ2) is 5.21. The average molecular weight is 237 g/mol. The summed E-state index contributed by atoms with van der Waals surface area (Å²) in [7, 11) is 7.84. The van der Waals surface area contributed by atoms with Crippen LogP contribution in [0.2, 0.25) is 0 Å². The zero-order valence-electron chi connectivity index (χ0n) is 6.23. The fourth-order valence-corrected chi connectivity index (χ4v) is 2.11. The predicted octanol–water partition coefficient (Wildman–Crippen LogP) is 3.07. The molecule has 0 saturated carbocycles. The van der Waals surface area contributed by atoms with E-state index >= 15 is 0 Å². The van der Waals surface area contributed by atoms with Crippen LogP contribution in [-0.4, -0.2) is 16.2 Å². The molecule has 0 atom stereocenters. The van der Waals surface area contributed by atoms with Crippen molar-refractivity contribution in [1.82, 2.24) is 4.98 Å². The highest BCUT2D eigenvalue weighted by Crippen LogP contribution is 2.33. The van der Waals surface area contributed by atoms with Gasteiger partial charge in [0, 0.05) is 21.1 Å². The Hall–Kier alpha value is -0.590. The highest BCUT2D eigenvalue weighted by atomic mass is 35.7. The number of nitrogens with one attached hydrogen (secondary N) is 1. The van der Waals surface area contributed by atoms with Crippen molar-refractivity contribution in [2.45, 2.75) is 4.90 Å². The number of rotatable bonds is 3. The van der Waals surface area contributed by atoms with E-state index in [1.807, 2.05) is 0 Å². The van der Waals surface area contributed by atoms with Crippen LogP contribution in [-0.2, 0) is 0 Å². The first-order valence-electron chi connectivity index (χ1n) is 3.13. The summed E-state index contributed by atoms with van der Waals surface area (Å²) in [6.45, 7) is 0. The largest absolute Gasteiger partial charge is 0.465 e. The molecular weight excluding hydrogens is 232 g/mol. The Bertz CT molecular complexity index is 293. The van der Waals surface area contributed by atoms with Crippen LogP contribution < -0.4 is 5.32 Å². The van der Waals surface area contributed by atoms with Gasteiger partial charge in [-0.3, -0.25) is 5.32 Å². The maximum atomic E-state index is 10.2. The van der Waals surface area contributed by atoms with Crippen molar-refractivity contribution >= 4 is 43.4 Å². The van der Waals surface area contributed by atoms with Crippen LogP contribution in [0.15, 0.2) is 23.2 Å². The van der Waals surface area contributed by atoms with E-state index in [9.17, 15) is 4.79 Å². The molecule has 70 valence electrons. The van der Waals surface area contributed by atoms with Gasteiger partial charge in [0.15, 0.2) is 0 Å². The topological polar surface area (TPSA) is 62.2 Å². The van der Waals surface area contributed by atoms with E-state index in [0.717, 1.165) is 14.9 Å². The van der Waals surface area contributed by atoms with Crippen molar-refractivity contribution in [2.75, 3.05) is 5.32 Å². The summed E-state index contributed by atoms with van der Waals surface area (Å²) < 4.78 is 0. The zero-order valence-corrected chi connectivity index (χ0v) is 8.62. The van der Waals surface area contributed by atoms with E-state index in [2.05, 4.69) is 10.3 Å². The molecule has 7 heteroatoms. The Morgan fingerprint density at radius 2 is 2.38 bits per heavy atom. The second-order valence-electron chi connectivity index (χ2n) is 1.96. The molecule has 4 nitrogen and oxygen atoms in total. The SMILES string of the molecule is O=C(O)Nc1ccc(SSCl)cn1. The minimum absolute atomic E-state index is 0.302. The van der Waals surface area contributed by atoms with Gasteiger partial charge in [-0.25, -0.2) is 9.78 Å². The molecule has 2 N–H and O–H groups in total. The number of pyridine rings is 1. The van der Waals surface area contributed by atoms with Gasteiger partial charge in [0.2, 0.25) is 0 Å². The fourth-order valence-electron chi connectivity index (χ4n) is 0.649. The Labute approximate surface area is 87.0 Å². The van der Waals surface area contributed by atoms with Gasteiger partial charge in [-0.05, 0) is 33.6 Å². The molecule has 0 fully saturated rings. The number of carboxylic acid groups (broad SMARTS) is 1. The summed E-state index contributed by atoms with van der Waals surface area (Å²) in [5, 5.41) is 10.5. The molecule has 0 unspecified atom stereocenters. The van der Waals surface area contributed by atoms with Crippen LogP contribution in [0.5, 0.6) is 0 Å². The van der Waals surface area contributed by atoms with Crippen molar-refractivity contribution in [3.63, 3.8) is 0 Å². The summed E-state index contributed by atoms with van der Waals surface area (Å²) in [6.07, 6.45) is 0.422. The molecule has 0 radical (unpaired) electrons. The minimum atomic E-state index is -1.13. The Kier molecular flexibility index (Phi) is 4.20. The zero-order chi connectivity index (χ0) is 9.68. The molecule has 0 spiro atoms. The van der Waals surface area contributed by atoms with Crippen LogP contribution in [0.3, 0.4) is 0 Å². The molecule has 0 aliphatic heterocycles. The lowest BCUT2D eigenvalue weighted by molar-refractivity contribution is 0.209. The molecule has 1 heterocycles. The Morgan fingerprint density at radius 3 is 2.85 bits per heavy atom. The average Bonchev–Trinajstić information content (AvgIpc) is 2.08. The first kappa shape index (κ1) is 10.5. The predicted molar refractivity (Wildman–Crippen MR) is 55.2 cm³/mol. The van der Waals surface area contributed by atoms with Crippen LogP contribution >= 0.6 is 31.5 Å². The van der Waals surface area contributed by atoms with Gasteiger partial charge >= 0.3 is 6.09 Å². The molecule has 1 aromatic heterocycles. The standard InChI is InChI=1S/C6H5ClN2O2S2/c7-13-12-4-1-2-5(8-3-4)9-6(10)11/h1-3H,(H,8,9)(H,10,11). The summed E-state index contributed by atoms with van der Waals surface area (Å²) in [5.74, 6) is 0.302. The normalized spacial score (nSPS) is 9.62. The van der Waals surface area contributed by atoms with Gasteiger partial charge in [-0.1, -0.05) is 0 Å². The van der Waals surface area contributed by atoms with Crippen LogP contribution in [0.4, 0.5) is 10.6 Å². The molecule has 0 aliphatic rings. The number of nitrogens with zero attached hydrogens (tertiary/aromatic N) is 1. The summed E-state index contributed by atoms with van der Waals surface area (Å²) in [6, 6.07) is 3.31. The van der Waals surface area contributed by atoms with E-state index in [4.69, 9.17) is 15.8 Å². The quantitative estimate of drug-likeness (QED) is 0.790. The number of amides is 1. The van der Waals surface area contributed by atoms with Gasteiger partial charge < -0.3 is 5.11 Å². The van der Waals surface area contributed by atoms with Crippen LogP contribution in [0, 0.1) is 0 Å². The van der Waals surface area contributed by atoms with Gasteiger partial charge in [-0.15, -0.1) is 0 Å². The third-order valence-corrected chi connectivity index (χ3v) is 2.93. The lowest BCUT2D eigenvalue weighted by Gasteiger charge is -1.99. The summed E-state index contributed by atoms with van der Waals surface area (Å²) in [4.78, 5) is 14.9. The van der Waals surface area contributed by atoms with Gasteiger partial charge in [0.05, 0.1) is 0 Å². The van der Waals surface area contributed by atoms with E-state index < -0.39 is 6.09 Å². The van der Waals surface area contributed by atoms with Gasteiger partial charge in [0.1, 0.15) is 5.82 Å². The van der Waals surface area contributed by atoms with Gasteiger partial charge in [0.25, 0.3) is 0 Å². The monoisotopic (exact) mass is 236 g/mol. The maximum absolute atomic E-state index is 10.2. The van der Waals surface area contributed by atoms with Crippen molar-refractivity contribution < 1.29 is 9.90 Å². The molecule has 0 bridgehead atoms. The van der Waals surface area contributed by atoms with E-state index in [-0.39, 0.29) is 0 Å². The first-order chi connectivity index (χ1) is 6.22. The molecule has 0 saturated heterocycles. The molecule has 13 heavy (non-hydrogen) atoms.